The number of hydrogen-bond acceptors (Lipinski definition) is 2. The number of rotatable bonds is 8. The third-order valence-electron chi connectivity index (χ3n) is 3.78. The average molecular weight is 306 g/mol. The van der Waals surface area contributed by atoms with Crippen LogP contribution in [0.4, 0.5) is 10.1 Å². The number of halogens is 1. The summed E-state index contributed by atoms with van der Waals surface area (Å²) in [5, 5.41) is 6.60. The molecule has 0 atom stereocenters. The zero-order valence-electron chi connectivity index (χ0n) is 13.6. The highest BCUT2D eigenvalue weighted by Gasteiger charge is 2.20. The van der Waals surface area contributed by atoms with Crippen LogP contribution in [0.25, 0.3) is 0 Å². The quantitative estimate of drug-likeness (QED) is 0.441. The second-order valence-electron chi connectivity index (χ2n) is 5.82. The number of nitrogens with one attached hydrogen (secondary N) is 2. The second-order valence-corrected chi connectivity index (χ2v) is 5.82. The topological polar surface area (TPSA) is 39.7 Å². The van der Waals surface area contributed by atoms with Crippen LogP contribution in [0.2, 0.25) is 0 Å². The Bertz CT molecular complexity index is 485. The molecule has 5 heteroatoms. The zero-order chi connectivity index (χ0) is 15.8. The maximum Gasteiger partial charge on any atom is 0.191 e. The van der Waals surface area contributed by atoms with Crippen molar-refractivity contribution in [1.82, 2.24) is 10.6 Å². The van der Waals surface area contributed by atoms with E-state index in [1.54, 1.807) is 6.07 Å². The Morgan fingerprint density at radius 2 is 2.09 bits per heavy atom. The lowest BCUT2D eigenvalue weighted by molar-refractivity contribution is 0.619. The summed E-state index contributed by atoms with van der Waals surface area (Å²) in [5.41, 5.74) is 0.650. The lowest BCUT2D eigenvalue weighted by Crippen LogP contribution is -2.38. The summed E-state index contributed by atoms with van der Waals surface area (Å²) in [5.74, 6) is 1.52. The van der Waals surface area contributed by atoms with Gasteiger partial charge in [0, 0.05) is 33.2 Å². The molecule has 1 fully saturated rings. The third kappa shape index (κ3) is 5.54. The average Bonchev–Trinajstić information content (AvgIpc) is 3.33. The van der Waals surface area contributed by atoms with Crippen molar-refractivity contribution in [3.63, 3.8) is 0 Å². The first kappa shape index (κ1) is 16.6. The van der Waals surface area contributed by atoms with E-state index in [1.165, 1.54) is 18.9 Å². The van der Waals surface area contributed by atoms with Crippen molar-refractivity contribution >= 4 is 11.6 Å². The van der Waals surface area contributed by atoms with Crippen molar-refractivity contribution in [2.24, 2.45) is 10.9 Å². The fourth-order valence-electron chi connectivity index (χ4n) is 2.27. The molecule has 0 aromatic heterocycles. The van der Waals surface area contributed by atoms with Crippen molar-refractivity contribution in [2.75, 3.05) is 38.1 Å². The van der Waals surface area contributed by atoms with Gasteiger partial charge in [-0.05, 0) is 44.2 Å². The molecule has 0 aliphatic heterocycles. The summed E-state index contributed by atoms with van der Waals surface area (Å²) in [6.07, 6.45) is 3.56. The van der Waals surface area contributed by atoms with Gasteiger partial charge in [0.1, 0.15) is 5.82 Å². The molecular weight excluding hydrogens is 279 g/mol. The van der Waals surface area contributed by atoms with Crippen LogP contribution in [0.3, 0.4) is 0 Å². The molecule has 0 bridgehead atoms. The van der Waals surface area contributed by atoms with E-state index < -0.39 is 0 Å². The van der Waals surface area contributed by atoms with Gasteiger partial charge in [-0.2, -0.15) is 0 Å². The van der Waals surface area contributed by atoms with Gasteiger partial charge in [-0.1, -0.05) is 12.1 Å². The molecule has 1 aromatic carbocycles. The maximum absolute atomic E-state index is 13.7. The van der Waals surface area contributed by atoms with E-state index in [2.05, 4.69) is 22.5 Å². The SMILES string of the molecule is CCNC(=NCC1CC1)NCCCN(C)c1ccccc1F. The molecule has 1 saturated carbocycles. The van der Waals surface area contributed by atoms with E-state index in [4.69, 9.17) is 0 Å². The van der Waals surface area contributed by atoms with Crippen molar-refractivity contribution in [3.8, 4) is 0 Å². The Hall–Kier alpha value is -1.78. The molecule has 0 spiro atoms. The first-order valence-corrected chi connectivity index (χ1v) is 8.18. The van der Waals surface area contributed by atoms with Crippen LogP contribution in [0.15, 0.2) is 29.3 Å². The highest BCUT2D eigenvalue weighted by atomic mass is 19.1. The maximum atomic E-state index is 13.7. The van der Waals surface area contributed by atoms with Crippen LogP contribution in [-0.2, 0) is 0 Å². The highest BCUT2D eigenvalue weighted by molar-refractivity contribution is 5.79. The number of nitrogens with zero attached hydrogens (tertiary/aromatic N) is 2. The van der Waals surface area contributed by atoms with E-state index in [0.717, 1.165) is 44.5 Å². The van der Waals surface area contributed by atoms with Gasteiger partial charge < -0.3 is 15.5 Å². The second kappa shape index (κ2) is 8.61. The molecular formula is C17H27FN4. The van der Waals surface area contributed by atoms with Crippen molar-refractivity contribution in [2.45, 2.75) is 26.2 Å². The van der Waals surface area contributed by atoms with Gasteiger partial charge in [0.15, 0.2) is 5.96 Å². The van der Waals surface area contributed by atoms with Gasteiger partial charge in [-0.3, -0.25) is 4.99 Å². The zero-order valence-corrected chi connectivity index (χ0v) is 13.6. The lowest BCUT2D eigenvalue weighted by Gasteiger charge is -2.20. The van der Waals surface area contributed by atoms with Gasteiger partial charge in [0.2, 0.25) is 0 Å². The van der Waals surface area contributed by atoms with E-state index in [0.29, 0.717) is 5.69 Å². The van der Waals surface area contributed by atoms with Crippen LogP contribution in [0.5, 0.6) is 0 Å². The predicted octanol–water partition coefficient (Wildman–Crippen LogP) is 2.62. The summed E-state index contributed by atoms with van der Waals surface area (Å²) in [4.78, 5) is 6.53. The van der Waals surface area contributed by atoms with E-state index in [-0.39, 0.29) is 5.82 Å². The highest BCUT2D eigenvalue weighted by Crippen LogP contribution is 2.28. The molecule has 1 aliphatic carbocycles. The van der Waals surface area contributed by atoms with Crippen molar-refractivity contribution < 1.29 is 4.39 Å². The number of guanidine groups is 1. The number of para-hydroxylation sites is 1. The Morgan fingerprint density at radius 1 is 1.32 bits per heavy atom. The Kier molecular flexibility index (Phi) is 6.49. The van der Waals surface area contributed by atoms with Crippen LogP contribution in [0, 0.1) is 11.7 Å². The first-order chi connectivity index (χ1) is 10.7. The van der Waals surface area contributed by atoms with Gasteiger partial charge >= 0.3 is 0 Å². The largest absolute Gasteiger partial charge is 0.372 e. The van der Waals surface area contributed by atoms with Crippen LogP contribution in [-0.4, -0.2) is 39.2 Å². The van der Waals surface area contributed by atoms with Gasteiger partial charge in [-0.25, -0.2) is 4.39 Å². The molecule has 0 heterocycles. The summed E-state index contributed by atoms with van der Waals surface area (Å²) < 4.78 is 13.7. The standard InChI is InChI=1S/C17H27FN4/c1-3-19-17(21-13-14-9-10-14)20-11-6-12-22(2)16-8-5-4-7-15(16)18/h4-5,7-8,14H,3,6,9-13H2,1-2H3,(H2,19,20,21). The first-order valence-electron chi connectivity index (χ1n) is 8.18. The monoisotopic (exact) mass is 306 g/mol. The van der Waals surface area contributed by atoms with Crippen LogP contribution < -0.4 is 15.5 Å². The Morgan fingerprint density at radius 3 is 2.77 bits per heavy atom. The fraction of sp³-hybridized carbons (Fsp3) is 0.588. The molecule has 1 aliphatic rings. The molecule has 22 heavy (non-hydrogen) atoms. The van der Waals surface area contributed by atoms with Crippen LogP contribution >= 0.6 is 0 Å². The number of benzene rings is 1. The number of anilines is 1. The third-order valence-corrected chi connectivity index (χ3v) is 3.78. The molecule has 0 amide bonds. The van der Waals surface area contributed by atoms with Gasteiger partial charge in [0.05, 0.1) is 5.69 Å². The lowest BCUT2D eigenvalue weighted by atomic mass is 10.2. The fourth-order valence-corrected chi connectivity index (χ4v) is 2.27. The van der Waals surface area contributed by atoms with E-state index >= 15 is 0 Å². The minimum absolute atomic E-state index is 0.169. The van der Waals surface area contributed by atoms with Gasteiger partial charge in [0.25, 0.3) is 0 Å². The smallest absolute Gasteiger partial charge is 0.191 e. The molecule has 0 unspecified atom stereocenters. The van der Waals surface area contributed by atoms with Gasteiger partial charge in [-0.15, -0.1) is 0 Å². The normalized spacial score (nSPS) is 14.8. The minimum atomic E-state index is -0.169. The van der Waals surface area contributed by atoms with E-state index in [9.17, 15) is 4.39 Å². The molecule has 4 nitrogen and oxygen atoms in total. The summed E-state index contributed by atoms with van der Waals surface area (Å²) in [7, 11) is 1.92. The molecule has 1 aromatic rings. The molecule has 2 N–H and O–H groups in total. The Labute approximate surface area is 132 Å². The molecule has 2 rings (SSSR count). The van der Waals surface area contributed by atoms with Crippen molar-refractivity contribution in [1.29, 1.82) is 0 Å². The van der Waals surface area contributed by atoms with Crippen molar-refractivity contribution in [3.05, 3.63) is 30.1 Å². The summed E-state index contributed by atoms with van der Waals surface area (Å²) >= 11 is 0. The van der Waals surface area contributed by atoms with Crippen LogP contribution in [0.1, 0.15) is 26.2 Å². The minimum Gasteiger partial charge on any atom is -0.372 e. The predicted molar refractivity (Wildman–Crippen MR) is 91.0 cm³/mol. The summed E-state index contributed by atoms with van der Waals surface area (Å²) in [6, 6.07) is 6.88. The number of aliphatic imine (C=N–C) groups is 1. The molecule has 0 saturated heterocycles. The van der Waals surface area contributed by atoms with E-state index in [1.807, 2.05) is 24.1 Å². The molecule has 122 valence electrons. The Balaban J connectivity index is 1.70. The summed E-state index contributed by atoms with van der Waals surface area (Å²) in [6.45, 7) is 5.49. The molecule has 0 radical (unpaired) electrons. The number of hydrogen-bond donors (Lipinski definition) is 2.